The van der Waals surface area contributed by atoms with Crippen LogP contribution in [0.1, 0.15) is 19.8 Å². The van der Waals surface area contributed by atoms with Crippen molar-refractivity contribution in [3.8, 4) is 0 Å². The molecular weight excluding hydrogens is 175 g/mol. The first-order valence-electron chi connectivity index (χ1n) is 3.07. The summed E-state index contributed by atoms with van der Waals surface area (Å²) in [6.07, 6.45) is 0.865. The van der Waals surface area contributed by atoms with Crippen LogP contribution in [0.25, 0.3) is 0 Å². The molecule has 0 radical (unpaired) electrons. The Balaban J connectivity index is 2.78. The zero-order chi connectivity index (χ0) is 7.99. The van der Waals surface area contributed by atoms with Gasteiger partial charge in [0.2, 0.25) is 0 Å². The van der Waals surface area contributed by atoms with E-state index in [0.717, 1.165) is 0 Å². The third-order valence-corrected chi connectivity index (χ3v) is 3.10. The number of carbonyl (C=O) groups is 1. The quantitative estimate of drug-likeness (QED) is 0.665. The topological polar surface area (TPSA) is 37.3 Å². The summed E-state index contributed by atoms with van der Waals surface area (Å²) in [5.74, 6) is -0.889. The molecule has 1 aliphatic carbocycles. The molecule has 0 amide bonds. The Labute approximate surface area is 69.1 Å². The highest BCUT2D eigenvalue weighted by Crippen LogP contribution is 2.65. The van der Waals surface area contributed by atoms with E-state index < -0.39 is 15.7 Å². The highest BCUT2D eigenvalue weighted by Gasteiger charge is 2.70. The van der Waals surface area contributed by atoms with E-state index >= 15 is 0 Å². The minimum atomic E-state index is -1.02. The first-order chi connectivity index (χ1) is 4.46. The Morgan fingerprint density at radius 2 is 2.10 bits per heavy atom. The van der Waals surface area contributed by atoms with E-state index in [9.17, 15) is 4.79 Å². The molecule has 1 rings (SSSR count). The minimum Gasteiger partial charge on any atom is -0.481 e. The first-order valence-corrected chi connectivity index (χ1v) is 3.83. The predicted molar refractivity (Wildman–Crippen MR) is 39.4 cm³/mol. The lowest BCUT2D eigenvalue weighted by Crippen LogP contribution is -2.20. The molecule has 1 saturated carbocycles. The molecule has 0 aromatic heterocycles. The average Bonchev–Trinajstić information content (AvgIpc) is 2.35. The molecule has 1 atom stereocenters. The first kappa shape index (κ1) is 8.15. The van der Waals surface area contributed by atoms with Gasteiger partial charge in [0.15, 0.2) is 0 Å². The molecule has 0 aromatic rings. The van der Waals surface area contributed by atoms with E-state index in [1.165, 1.54) is 0 Å². The van der Waals surface area contributed by atoms with Crippen molar-refractivity contribution in [2.45, 2.75) is 24.1 Å². The van der Waals surface area contributed by atoms with Crippen molar-refractivity contribution in [2.24, 2.45) is 5.41 Å². The summed E-state index contributed by atoms with van der Waals surface area (Å²) in [6, 6.07) is 0. The Morgan fingerprint density at radius 3 is 2.10 bits per heavy atom. The van der Waals surface area contributed by atoms with E-state index in [2.05, 4.69) is 0 Å². The van der Waals surface area contributed by atoms with Gasteiger partial charge in [-0.15, -0.1) is 23.2 Å². The molecule has 0 spiro atoms. The molecule has 4 heteroatoms. The molecule has 2 nitrogen and oxygen atoms in total. The molecule has 1 aliphatic rings. The van der Waals surface area contributed by atoms with Crippen LogP contribution in [0.4, 0.5) is 0 Å². The summed E-state index contributed by atoms with van der Waals surface area (Å²) in [5, 5.41) is 8.67. The highest BCUT2D eigenvalue weighted by atomic mass is 35.5. The maximum Gasteiger partial charge on any atom is 0.312 e. The van der Waals surface area contributed by atoms with Gasteiger partial charge in [-0.2, -0.15) is 0 Å². The fraction of sp³-hybridized carbons (Fsp3) is 0.833. The summed E-state index contributed by atoms with van der Waals surface area (Å²) >= 11 is 11.3. The van der Waals surface area contributed by atoms with Crippen LogP contribution >= 0.6 is 23.2 Å². The van der Waals surface area contributed by atoms with Crippen molar-refractivity contribution < 1.29 is 9.90 Å². The largest absolute Gasteiger partial charge is 0.481 e. The number of halogens is 2. The van der Waals surface area contributed by atoms with Crippen molar-refractivity contribution in [3.05, 3.63) is 0 Å². The summed E-state index contributed by atoms with van der Waals surface area (Å²) in [5.41, 5.74) is -0.865. The monoisotopic (exact) mass is 182 g/mol. The van der Waals surface area contributed by atoms with Gasteiger partial charge in [0.05, 0.1) is 0 Å². The lowest BCUT2D eigenvalue weighted by Gasteiger charge is -2.07. The van der Waals surface area contributed by atoms with Gasteiger partial charge in [0.25, 0.3) is 0 Å². The third kappa shape index (κ3) is 0.823. The van der Waals surface area contributed by atoms with Crippen molar-refractivity contribution in [2.75, 3.05) is 0 Å². The fourth-order valence-electron chi connectivity index (χ4n) is 1.10. The maximum atomic E-state index is 10.6. The van der Waals surface area contributed by atoms with E-state index in [0.29, 0.717) is 12.8 Å². The second-order valence-electron chi connectivity index (χ2n) is 2.62. The average molecular weight is 183 g/mol. The van der Waals surface area contributed by atoms with Gasteiger partial charge in [0.1, 0.15) is 9.75 Å². The molecule has 58 valence electrons. The van der Waals surface area contributed by atoms with Crippen LogP contribution in [0.2, 0.25) is 0 Å². The summed E-state index contributed by atoms with van der Waals surface area (Å²) in [7, 11) is 0. The second kappa shape index (κ2) is 2.02. The Hall–Kier alpha value is 0.0500. The third-order valence-electron chi connectivity index (χ3n) is 2.11. The lowest BCUT2D eigenvalue weighted by molar-refractivity contribution is -0.143. The number of rotatable bonds is 2. The van der Waals surface area contributed by atoms with Crippen molar-refractivity contribution in [1.82, 2.24) is 0 Å². The fourth-order valence-corrected chi connectivity index (χ4v) is 1.99. The normalized spacial score (nSPS) is 35.5. The molecule has 1 fully saturated rings. The molecule has 0 bridgehead atoms. The predicted octanol–water partition coefficient (Wildman–Crippen LogP) is 2.04. The van der Waals surface area contributed by atoms with E-state index in [4.69, 9.17) is 28.3 Å². The molecule has 10 heavy (non-hydrogen) atoms. The summed E-state index contributed by atoms with van der Waals surface area (Å²) in [6.45, 7) is 1.78. The SMILES string of the molecule is CC[C@@]1(C(=O)O)CC1(Cl)Cl. The van der Waals surface area contributed by atoms with Gasteiger partial charge >= 0.3 is 5.97 Å². The zero-order valence-electron chi connectivity index (χ0n) is 5.53. The lowest BCUT2D eigenvalue weighted by atomic mass is 10.1. The van der Waals surface area contributed by atoms with Gasteiger partial charge in [-0.05, 0) is 6.42 Å². The van der Waals surface area contributed by atoms with Crippen molar-refractivity contribution >= 4 is 29.2 Å². The van der Waals surface area contributed by atoms with Crippen LogP contribution in [-0.4, -0.2) is 15.4 Å². The number of alkyl halides is 2. The van der Waals surface area contributed by atoms with Crippen LogP contribution in [-0.2, 0) is 4.79 Å². The van der Waals surface area contributed by atoms with Gasteiger partial charge in [-0.25, -0.2) is 0 Å². The van der Waals surface area contributed by atoms with Gasteiger partial charge < -0.3 is 5.11 Å². The number of carboxylic acids is 1. The van der Waals surface area contributed by atoms with Gasteiger partial charge in [-0.1, -0.05) is 6.92 Å². The standard InChI is InChI=1S/C6H8Cl2O2/c1-2-5(4(9)10)3-6(5,7)8/h2-3H2,1H3,(H,9,10)/t5-/m0/s1. The number of hydrogen-bond donors (Lipinski definition) is 1. The summed E-state index contributed by atoms with van der Waals surface area (Å²) in [4.78, 5) is 10.6. The summed E-state index contributed by atoms with van der Waals surface area (Å²) < 4.78 is -1.02. The molecule has 1 N–H and O–H groups in total. The second-order valence-corrected chi connectivity index (χ2v) is 4.11. The molecule has 0 aliphatic heterocycles. The molecular formula is C6H8Cl2O2. The minimum absolute atomic E-state index is 0.370. The number of carboxylic acid groups (broad SMARTS) is 1. The van der Waals surface area contributed by atoms with Crippen LogP contribution in [0.3, 0.4) is 0 Å². The van der Waals surface area contributed by atoms with Crippen LogP contribution < -0.4 is 0 Å². The molecule has 0 aromatic carbocycles. The highest BCUT2D eigenvalue weighted by molar-refractivity contribution is 6.53. The van der Waals surface area contributed by atoms with Crippen LogP contribution in [0, 0.1) is 5.41 Å². The zero-order valence-corrected chi connectivity index (χ0v) is 7.04. The Kier molecular flexibility index (Phi) is 1.64. The van der Waals surface area contributed by atoms with E-state index in [1.807, 2.05) is 0 Å². The van der Waals surface area contributed by atoms with Gasteiger partial charge in [-0.3, -0.25) is 4.79 Å². The van der Waals surface area contributed by atoms with Gasteiger partial charge in [0, 0.05) is 6.42 Å². The van der Waals surface area contributed by atoms with Crippen molar-refractivity contribution in [3.63, 3.8) is 0 Å². The van der Waals surface area contributed by atoms with E-state index in [-0.39, 0.29) is 0 Å². The molecule has 0 heterocycles. The van der Waals surface area contributed by atoms with Crippen LogP contribution in [0.15, 0.2) is 0 Å². The number of aliphatic carboxylic acids is 1. The Bertz CT molecular complexity index is 179. The molecule has 0 unspecified atom stereocenters. The number of hydrogen-bond acceptors (Lipinski definition) is 1. The van der Waals surface area contributed by atoms with Crippen LogP contribution in [0.5, 0.6) is 0 Å². The smallest absolute Gasteiger partial charge is 0.312 e. The Morgan fingerprint density at radius 1 is 1.70 bits per heavy atom. The van der Waals surface area contributed by atoms with E-state index in [1.54, 1.807) is 6.92 Å². The van der Waals surface area contributed by atoms with Crippen molar-refractivity contribution in [1.29, 1.82) is 0 Å². The molecule has 0 saturated heterocycles. The maximum absolute atomic E-state index is 10.6.